The fourth-order valence-electron chi connectivity index (χ4n) is 3.76. The summed E-state index contributed by atoms with van der Waals surface area (Å²) in [6.45, 7) is 4.69. The van der Waals surface area contributed by atoms with E-state index in [-0.39, 0.29) is 19.0 Å². The number of para-hydroxylation sites is 1. The van der Waals surface area contributed by atoms with Gasteiger partial charge < -0.3 is 14.6 Å². The Morgan fingerprint density at radius 2 is 1.75 bits per heavy atom. The Morgan fingerprint density at radius 1 is 1.03 bits per heavy atom. The van der Waals surface area contributed by atoms with Crippen molar-refractivity contribution in [3.63, 3.8) is 0 Å². The van der Waals surface area contributed by atoms with Crippen LogP contribution in [-0.4, -0.2) is 35.2 Å². The summed E-state index contributed by atoms with van der Waals surface area (Å²) in [5.41, 5.74) is 3.16. The largest absolute Gasteiger partial charge is 0.467 e. The van der Waals surface area contributed by atoms with Crippen LogP contribution in [-0.2, 0) is 30.5 Å². The van der Waals surface area contributed by atoms with Crippen LogP contribution in [0, 0.1) is 5.92 Å². The first-order valence-electron chi connectivity index (χ1n) is 11.0. The summed E-state index contributed by atoms with van der Waals surface area (Å²) in [7, 11) is 1.57. The van der Waals surface area contributed by atoms with Gasteiger partial charge in [0, 0.05) is 32.2 Å². The SMILES string of the molecule is COCOc1ccccc1-c1nc(CCO)c(CC(C)C)c(=O)n1CCc1ccccc1. The van der Waals surface area contributed by atoms with Crippen molar-refractivity contribution < 1.29 is 14.6 Å². The molecular weight excluding hydrogens is 404 g/mol. The molecule has 170 valence electrons. The molecule has 0 amide bonds. The molecule has 0 unspecified atom stereocenters. The minimum absolute atomic E-state index is 0.0513. The van der Waals surface area contributed by atoms with E-state index in [1.165, 1.54) is 0 Å². The highest BCUT2D eigenvalue weighted by molar-refractivity contribution is 5.64. The number of aliphatic hydroxyl groups excluding tert-OH is 1. The molecule has 1 aromatic heterocycles. The van der Waals surface area contributed by atoms with E-state index in [0.717, 1.165) is 11.1 Å². The Labute approximate surface area is 189 Å². The zero-order chi connectivity index (χ0) is 22.9. The summed E-state index contributed by atoms with van der Waals surface area (Å²) in [6.07, 6.45) is 1.66. The minimum Gasteiger partial charge on any atom is -0.467 e. The van der Waals surface area contributed by atoms with Crippen molar-refractivity contribution in [1.82, 2.24) is 9.55 Å². The highest BCUT2D eigenvalue weighted by atomic mass is 16.7. The van der Waals surface area contributed by atoms with Crippen LogP contribution in [0.4, 0.5) is 0 Å². The van der Waals surface area contributed by atoms with Gasteiger partial charge in [0.25, 0.3) is 5.56 Å². The highest BCUT2D eigenvalue weighted by Crippen LogP contribution is 2.29. The number of aliphatic hydroxyl groups is 1. The third-order valence-electron chi connectivity index (χ3n) is 5.24. The monoisotopic (exact) mass is 436 g/mol. The van der Waals surface area contributed by atoms with Gasteiger partial charge in [0.15, 0.2) is 6.79 Å². The Hall–Kier alpha value is -2.96. The van der Waals surface area contributed by atoms with Crippen LogP contribution in [0.5, 0.6) is 5.75 Å². The van der Waals surface area contributed by atoms with Crippen LogP contribution in [0.3, 0.4) is 0 Å². The predicted molar refractivity (Wildman–Crippen MR) is 126 cm³/mol. The first-order valence-corrected chi connectivity index (χ1v) is 11.0. The van der Waals surface area contributed by atoms with Crippen molar-refractivity contribution in [2.45, 2.75) is 39.7 Å². The molecule has 3 aromatic rings. The van der Waals surface area contributed by atoms with Gasteiger partial charge in [-0.2, -0.15) is 0 Å². The van der Waals surface area contributed by atoms with E-state index in [9.17, 15) is 9.90 Å². The van der Waals surface area contributed by atoms with Crippen molar-refractivity contribution in [2.75, 3.05) is 20.5 Å². The second-order valence-corrected chi connectivity index (χ2v) is 8.17. The van der Waals surface area contributed by atoms with E-state index < -0.39 is 0 Å². The molecule has 1 N–H and O–H groups in total. The maximum atomic E-state index is 13.7. The number of aromatic nitrogens is 2. The van der Waals surface area contributed by atoms with Crippen LogP contribution < -0.4 is 10.3 Å². The van der Waals surface area contributed by atoms with Gasteiger partial charge in [0.05, 0.1) is 11.3 Å². The number of nitrogens with zero attached hydrogens (tertiary/aromatic N) is 2. The van der Waals surface area contributed by atoms with E-state index in [2.05, 4.69) is 26.0 Å². The standard InChI is InChI=1S/C26H32N2O4/c1-19(2)17-22-23(14-16-29)27-25(21-11-7-8-12-24(21)32-18-31-3)28(26(22)30)15-13-20-9-5-4-6-10-20/h4-12,19,29H,13-18H2,1-3H3. The van der Waals surface area contributed by atoms with Crippen molar-refractivity contribution in [3.05, 3.63) is 81.8 Å². The summed E-state index contributed by atoms with van der Waals surface area (Å²) in [4.78, 5) is 18.6. The molecule has 6 heteroatoms. The van der Waals surface area contributed by atoms with Gasteiger partial charge >= 0.3 is 0 Å². The number of aryl methyl sites for hydroxylation is 1. The maximum absolute atomic E-state index is 13.7. The summed E-state index contributed by atoms with van der Waals surface area (Å²) in [5.74, 6) is 1.45. The summed E-state index contributed by atoms with van der Waals surface area (Å²) in [5, 5.41) is 9.63. The number of benzene rings is 2. The summed E-state index contributed by atoms with van der Waals surface area (Å²) in [6, 6.07) is 17.6. The average molecular weight is 437 g/mol. The number of hydrogen-bond donors (Lipinski definition) is 1. The van der Waals surface area contributed by atoms with Crippen LogP contribution in [0.2, 0.25) is 0 Å². The topological polar surface area (TPSA) is 73.6 Å². The molecular formula is C26H32N2O4. The van der Waals surface area contributed by atoms with Gasteiger partial charge in [0.1, 0.15) is 11.6 Å². The van der Waals surface area contributed by atoms with E-state index in [0.29, 0.717) is 54.6 Å². The number of ether oxygens (including phenoxy) is 2. The van der Waals surface area contributed by atoms with Gasteiger partial charge in [0.2, 0.25) is 0 Å². The van der Waals surface area contributed by atoms with Gasteiger partial charge in [-0.1, -0.05) is 56.3 Å². The first kappa shape index (κ1) is 23.7. The molecule has 0 aliphatic heterocycles. The van der Waals surface area contributed by atoms with Gasteiger partial charge in [-0.3, -0.25) is 9.36 Å². The number of hydrogen-bond acceptors (Lipinski definition) is 5. The second-order valence-electron chi connectivity index (χ2n) is 8.17. The maximum Gasteiger partial charge on any atom is 0.257 e. The molecule has 0 aliphatic rings. The molecule has 0 spiro atoms. The summed E-state index contributed by atoms with van der Waals surface area (Å²) >= 11 is 0. The summed E-state index contributed by atoms with van der Waals surface area (Å²) < 4.78 is 12.6. The molecule has 6 nitrogen and oxygen atoms in total. The lowest BCUT2D eigenvalue weighted by Gasteiger charge is -2.19. The normalized spacial score (nSPS) is 11.2. The van der Waals surface area contributed by atoms with Gasteiger partial charge in [-0.15, -0.1) is 0 Å². The minimum atomic E-state index is -0.0627. The molecule has 0 aliphatic carbocycles. The Kier molecular flexibility index (Phi) is 8.59. The van der Waals surface area contributed by atoms with Gasteiger partial charge in [-0.25, -0.2) is 4.98 Å². The smallest absolute Gasteiger partial charge is 0.257 e. The zero-order valence-corrected chi connectivity index (χ0v) is 19.1. The number of rotatable bonds is 11. The average Bonchev–Trinajstić information content (AvgIpc) is 2.80. The second kappa shape index (κ2) is 11.6. The molecule has 0 bridgehead atoms. The Morgan fingerprint density at radius 3 is 2.44 bits per heavy atom. The van der Waals surface area contributed by atoms with Crippen LogP contribution in [0.1, 0.15) is 30.7 Å². The Balaban J connectivity index is 2.16. The Bertz CT molecular complexity index is 1060. The van der Waals surface area contributed by atoms with Crippen molar-refractivity contribution in [1.29, 1.82) is 0 Å². The fourth-order valence-corrected chi connectivity index (χ4v) is 3.76. The zero-order valence-electron chi connectivity index (χ0n) is 19.1. The van der Waals surface area contributed by atoms with Crippen molar-refractivity contribution >= 4 is 0 Å². The van der Waals surface area contributed by atoms with Crippen molar-refractivity contribution in [2.24, 2.45) is 5.92 Å². The fraction of sp³-hybridized carbons (Fsp3) is 0.385. The lowest BCUT2D eigenvalue weighted by Crippen LogP contribution is -2.30. The molecule has 3 rings (SSSR count). The van der Waals surface area contributed by atoms with E-state index >= 15 is 0 Å². The molecule has 0 saturated heterocycles. The molecule has 0 saturated carbocycles. The van der Waals surface area contributed by atoms with Crippen LogP contribution in [0.15, 0.2) is 59.4 Å². The van der Waals surface area contributed by atoms with Crippen LogP contribution >= 0.6 is 0 Å². The first-order chi connectivity index (χ1) is 15.5. The third-order valence-corrected chi connectivity index (χ3v) is 5.24. The molecule has 1 heterocycles. The van der Waals surface area contributed by atoms with E-state index in [4.69, 9.17) is 14.5 Å². The molecule has 2 aromatic carbocycles. The lowest BCUT2D eigenvalue weighted by atomic mass is 10.0. The quantitative estimate of drug-likeness (QED) is 0.462. The molecule has 0 fully saturated rings. The van der Waals surface area contributed by atoms with Gasteiger partial charge in [-0.05, 0) is 36.5 Å². The van der Waals surface area contributed by atoms with E-state index in [1.54, 1.807) is 11.7 Å². The number of methoxy groups -OCH3 is 1. The van der Waals surface area contributed by atoms with Crippen LogP contribution in [0.25, 0.3) is 11.4 Å². The predicted octanol–water partition coefficient (Wildman–Crippen LogP) is 3.87. The highest BCUT2D eigenvalue weighted by Gasteiger charge is 2.20. The van der Waals surface area contributed by atoms with Crippen molar-refractivity contribution in [3.8, 4) is 17.1 Å². The molecule has 0 atom stereocenters. The third kappa shape index (κ3) is 5.84. The molecule has 32 heavy (non-hydrogen) atoms. The lowest BCUT2D eigenvalue weighted by molar-refractivity contribution is 0.0515. The van der Waals surface area contributed by atoms with E-state index in [1.807, 2.05) is 42.5 Å². The molecule has 0 radical (unpaired) electrons.